The Labute approximate surface area is 163 Å². The molecular weight excluding hydrogens is 360 g/mol. The van der Waals surface area contributed by atoms with Crippen LogP contribution in [-0.4, -0.2) is 41.3 Å². The molecule has 0 spiro atoms. The standard InChI is InChI=1S/C20H24N4O4/c1-13-9-10-14(2)17(11-13)21-19(25)12-23(4)15(3)20(26)22-16-7-5-6-8-18(16)24(27)28/h5-11,15H,12H2,1-4H3,(H,21,25)(H,22,26)/t15-/m1/s1. The normalized spacial score (nSPS) is 11.8. The summed E-state index contributed by atoms with van der Waals surface area (Å²) in [7, 11) is 1.65. The van der Waals surface area contributed by atoms with Crippen LogP contribution in [0.4, 0.5) is 17.1 Å². The van der Waals surface area contributed by atoms with Gasteiger partial charge in [-0.15, -0.1) is 0 Å². The molecule has 148 valence electrons. The molecule has 2 amide bonds. The highest BCUT2D eigenvalue weighted by Gasteiger charge is 2.23. The molecule has 2 N–H and O–H groups in total. The number of nitrogens with one attached hydrogen (secondary N) is 2. The van der Waals surface area contributed by atoms with Crippen LogP contribution in [-0.2, 0) is 9.59 Å². The predicted octanol–water partition coefficient (Wildman–Crippen LogP) is 3.11. The lowest BCUT2D eigenvalue weighted by Gasteiger charge is -2.23. The lowest BCUT2D eigenvalue weighted by molar-refractivity contribution is -0.383. The van der Waals surface area contributed by atoms with Crippen molar-refractivity contribution in [2.24, 2.45) is 0 Å². The monoisotopic (exact) mass is 384 g/mol. The number of carbonyl (C=O) groups is 2. The van der Waals surface area contributed by atoms with Gasteiger partial charge in [0.05, 0.1) is 17.5 Å². The highest BCUT2D eigenvalue weighted by atomic mass is 16.6. The van der Waals surface area contributed by atoms with Gasteiger partial charge in [-0.25, -0.2) is 0 Å². The second kappa shape index (κ2) is 9.09. The zero-order valence-corrected chi connectivity index (χ0v) is 16.4. The fourth-order valence-electron chi connectivity index (χ4n) is 2.60. The number of rotatable bonds is 7. The summed E-state index contributed by atoms with van der Waals surface area (Å²) in [5.41, 5.74) is 2.65. The van der Waals surface area contributed by atoms with Crippen LogP contribution in [0.2, 0.25) is 0 Å². The first kappa shape index (κ1) is 21.0. The summed E-state index contributed by atoms with van der Waals surface area (Å²) < 4.78 is 0. The molecule has 2 rings (SSSR count). The maximum Gasteiger partial charge on any atom is 0.292 e. The van der Waals surface area contributed by atoms with E-state index in [1.807, 2.05) is 32.0 Å². The van der Waals surface area contributed by atoms with Crippen LogP contribution in [0.5, 0.6) is 0 Å². The van der Waals surface area contributed by atoms with Crippen molar-refractivity contribution in [1.29, 1.82) is 0 Å². The molecule has 0 aliphatic heterocycles. The third-order valence-corrected chi connectivity index (χ3v) is 4.46. The van der Waals surface area contributed by atoms with Crippen LogP contribution in [0.1, 0.15) is 18.1 Å². The first-order valence-corrected chi connectivity index (χ1v) is 8.80. The molecule has 8 nitrogen and oxygen atoms in total. The van der Waals surface area contributed by atoms with E-state index in [9.17, 15) is 19.7 Å². The van der Waals surface area contributed by atoms with Gasteiger partial charge in [-0.05, 0) is 51.1 Å². The van der Waals surface area contributed by atoms with Crippen LogP contribution in [0.15, 0.2) is 42.5 Å². The number of aryl methyl sites for hydroxylation is 2. The zero-order chi connectivity index (χ0) is 20.8. The van der Waals surface area contributed by atoms with Crippen LogP contribution in [0, 0.1) is 24.0 Å². The van der Waals surface area contributed by atoms with E-state index < -0.39 is 16.9 Å². The second-order valence-corrected chi connectivity index (χ2v) is 6.72. The Kier molecular flexibility index (Phi) is 6.84. The van der Waals surface area contributed by atoms with Gasteiger partial charge < -0.3 is 10.6 Å². The molecule has 0 heterocycles. The fourth-order valence-corrected chi connectivity index (χ4v) is 2.60. The van der Waals surface area contributed by atoms with E-state index >= 15 is 0 Å². The molecule has 28 heavy (non-hydrogen) atoms. The Morgan fingerprint density at radius 1 is 1.11 bits per heavy atom. The molecule has 0 radical (unpaired) electrons. The van der Waals surface area contributed by atoms with Gasteiger partial charge in [-0.2, -0.15) is 0 Å². The van der Waals surface area contributed by atoms with Gasteiger partial charge in [0.25, 0.3) is 5.69 Å². The van der Waals surface area contributed by atoms with E-state index in [0.29, 0.717) is 0 Å². The van der Waals surface area contributed by atoms with Crippen LogP contribution in [0.3, 0.4) is 0 Å². The third kappa shape index (κ3) is 5.37. The third-order valence-electron chi connectivity index (χ3n) is 4.46. The van der Waals surface area contributed by atoms with Crippen molar-refractivity contribution in [2.75, 3.05) is 24.2 Å². The smallest absolute Gasteiger partial charge is 0.292 e. The summed E-state index contributed by atoms with van der Waals surface area (Å²) >= 11 is 0. The molecule has 1 atom stereocenters. The Balaban J connectivity index is 1.99. The molecule has 8 heteroatoms. The SMILES string of the molecule is Cc1ccc(C)c(NC(=O)CN(C)[C@H](C)C(=O)Nc2ccccc2[N+](=O)[O-])c1. The van der Waals surface area contributed by atoms with Crippen LogP contribution < -0.4 is 10.6 Å². The van der Waals surface area contributed by atoms with E-state index in [4.69, 9.17) is 0 Å². The van der Waals surface area contributed by atoms with E-state index in [1.165, 1.54) is 18.2 Å². The number of para-hydroxylation sites is 2. The Morgan fingerprint density at radius 2 is 1.79 bits per heavy atom. The van der Waals surface area contributed by atoms with E-state index in [0.717, 1.165) is 16.8 Å². The van der Waals surface area contributed by atoms with Gasteiger partial charge in [0.1, 0.15) is 5.69 Å². The average molecular weight is 384 g/mol. The summed E-state index contributed by atoms with van der Waals surface area (Å²) in [4.78, 5) is 36.9. The second-order valence-electron chi connectivity index (χ2n) is 6.72. The molecular formula is C20H24N4O4. The number of nitro benzene ring substituents is 1. The summed E-state index contributed by atoms with van der Waals surface area (Å²) in [5, 5.41) is 16.5. The zero-order valence-electron chi connectivity index (χ0n) is 16.4. The number of anilines is 2. The number of carbonyl (C=O) groups excluding carboxylic acids is 2. The quantitative estimate of drug-likeness (QED) is 0.564. The van der Waals surface area contributed by atoms with E-state index in [-0.39, 0.29) is 23.8 Å². The molecule has 0 aromatic heterocycles. The maximum absolute atomic E-state index is 12.5. The van der Waals surface area contributed by atoms with Crippen molar-refractivity contribution in [3.8, 4) is 0 Å². The largest absolute Gasteiger partial charge is 0.325 e. The minimum absolute atomic E-state index is 0.00114. The van der Waals surface area contributed by atoms with E-state index in [1.54, 1.807) is 24.9 Å². The van der Waals surface area contributed by atoms with Crippen molar-refractivity contribution in [1.82, 2.24) is 4.90 Å². The fraction of sp³-hybridized carbons (Fsp3) is 0.300. The molecule has 0 unspecified atom stereocenters. The number of nitrogens with zero attached hydrogens (tertiary/aromatic N) is 2. The summed E-state index contributed by atoms with van der Waals surface area (Å²) in [6.45, 7) is 5.48. The van der Waals surface area contributed by atoms with Gasteiger partial charge >= 0.3 is 0 Å². The van der Waals surface area contributed by atoms with Crippen molar-refractivity contribution >= 4 is 28.9 Å². The van der Waals surface area contributed by atoms with Gasteiger partial charge in [0.2, 0.25) is 11.8 Å². The highest BCUT2D eigenvalue weighted by Crippen LogP contribution is 2.23. The topological polar surface area (TPSA) is 105 Å². The van der Waals surface area contributed by atoms with Crippen molar-refractivity contribution in [2.45, 2.75) is 26.8 Å². The lowest BCUT2D eigenvalue weighted by atomic mass is 10.1. The van der Waals surface area contributed by atoms with Gasteiger partial charge in [0.15, 0.2) is 0 Å². The number of likely N-dealkylation sites (N-methyl/N-ethyl adjacent to an activating group) is 1. The van der Waals surface area contributed by atoms with Crippen LogP contribution >= 0.6 is 0 Å². The molecule has 0 aliphatic rings. The summed E-state index contributed by atoms with van der Waals surface area (Å²) in [6, 6.07) is 11.0. The molecule has 0 saturated heterocycles. The highest BCUT2D eigenvalue weighted by molar-refractivity contribution is 5.97. The number of hydrogen-bond acceptors (Lipinski definition) is 5. The van der Waals surface area contributed by atoms with Crippen molar-refractivity contribution in [3.63, 3.8) is 0 Å². The van der Waals surface area contributed by atoms with Gasteiger partial charge in [-0.3, -0.25) is 24.6 Å². The molecule has 2 aromatic rings. The molecule has 0 bridgehead atoms. The average Bonchev–Trinajstić information content (AvgIpc) is 2.64. The minimum Gasteiger partial charge on any atom is -0.325 e. The first-order chi connectivity index (χ1) is 13.2. The van der Waals surface area contributed by atoms with Gasteiger partial charge in [-0.1, -0.05) is 24.3 Å². The Morgan fingerprint density at radius 3 is 2.46 bits per heavy atom. The molecule has 0 fully saturated rings. The Bertz CT molecular complexity index is 898. The molecule has 0 saturated carbocycles. The summed E-state index contributed by atoms with van der Waals surface area (Å²) in [6.07, 6.45) is 0. The minimum atomic E-state index is -0.663. The number of benzene rings is 2. The van der Waals surface area contributed by atoms with Gasteiger partial charge in [0, 0.05) is 11.8 Å². The number of nitro groups is 1. The molecule has 0 aliphatic carbocycles. The summed E-state index contributed by atoms with van der Waals surface area (Å²) in [5.74, 6) is -0.683. The van der Waals surface area contributed by atoms with Crippen molar-refractivity contribution in [3.05, 3.63) is 63.7 Å². The van der Waals surface area contributed by atoms with Crippen LogP contribution in [0.25, 0.3) is 0 Å². The number of hydrogen-bond donors (Lipinski definition) is 2. The Hall–Kier alpha value is -3.26. The maximum atomic E-state index is 12.5. The van der Waals surface area contributed by atoms with Crippen molar-refractivity contribution < 1.29 is 14.5 Å². The first-order valence-electron chi connectivity index (χ1n) is 8.80. The lowest BCUT2D eigenvalue weighted by Crippen LogP contribution is -2.43. The van der Waals surface area contributed by atoms with E-state index in [2.05, 4.69) is 10.6 Å². The number of amides is 2. The molecule has 2 aromatic carbocycles. The predicted molar refractivity (Wildman–Crippen MR) is 108 cm³/mol.